The van der Waals surface area contributed by atoms with Gasteiger partial charge >= 0.3 is 0 Å². The van der Waals surface area contributed by atoms with Crippen LogP contribution >= 0.6 is 0 Å². The molecule has 4 nitrogen and oxygen atoms in total. The molecule has 1 atom stereocenters. The Bertz CT molecular complexity index is 535. The van der Waals surface area contributed by atoms with E-state index in [1.807, 2.05) is 30.9 Å². The third kappa shape index (κ3) is 2.90. The molecule has 1 amide bonds. The molecule has 0 fully saturated rings. The first-order valence-electron chi connectivity index (χ1n) is 7.13. The van der Waals surface area contributed by atoms with Crippen molar-refractivity contribution in [2.75, 3.05) is 11.4 Å². The summed E-state index contributed by atoms with van der Waals surface area (Å²) in [5, 5.41) is 0. The van der Waals surface area contributed by atoms with E-state index in [1.54, 1.807) is 13.0 Å². The van der Waals surface area contributed by atoms with E-state index in [2.05, 4.69) is 0 Å². The van der Waals surface area contributed by atoms with E-state index in [1.165, 1.54) is 0 Å². The summed E-state index contributed by atoms with van der Waals surface area (Å²) in [6, 6.07) is 5.03. The minimum absolute atomic E-state index is 0.0558. The van der Waals surface area contributed by atoms with Crippen molar-refractivity contribution >= 4 is 17.4 Å². The van der Waals surface area contributed by atoms with Gasteiger partial charge in [-0.2, -0.15) is 0 Å². The van der Waals surface area contributed by atoms with Gasteiger partial charge in [-0.25, -0.2) is 0 Å². The molecule has 4 heteroatoms. The van der Waals surface area contributed by atoms with Gasteiger partial charge < -0.3 is 10.6 Å². The molecule has 0 aliphatic carbocycles. The smallest absolute Gasteiger partial charge is 0.227 e. The standard InChI is InChI=1S/C16H22N2O2/c1-10(2)8-15(19)18-7-6-12-9-13(4-5-14(12)18)16(20)11(3)17/h4-5,9-11H,6-8,17H2,1-3H3. The van der Waals surface area contributed by atoms with E-state index in [9.17, 15) is 9.59 Å². The summed E-state index contributed by atoms with van der Waals surface area (Å²) in [6.45, 7) is 6.48. The minimum Gasteiger partial charge on any atom is -0.321 e. The van der Waals surface area contributed by atoms with Crippen molar-refractivity contribution in [2.45, 2.75) is 39.7 Å². The van der Waals surface area contributed by atoms with Crippen molar-refractivity contribution in [3.8, 4) is 0 Å². The van der Waals surface area contributed by atoms with E-state index >= 15 is 0 Å². The number of fused-ring (bicyclic) bond motifs is 1. The summed E-state index contributed by atoms with van der Waals surface area (Å²) in [4.78, 5) is 25.9. The van der Waals surface area contributed by atoms with E-state index in [0.717, 1.165) is 17.7 Å². The number of carbonyl (C=O) groups is 2. The second kappa shape index (κ2) is 5.75. The first kappa shape index (κ1) is 14.7. The Hall–Kier alpha value is -1.68. The Balaban J connectivity index is 2.22. The molecular formula is C16H22N2O2. The SMILES string of the molecule is CC(C)CC(=O)N1CCc2cc(C(=O)C(C)N)ccc21. The van der Waals surface area contributed by atoms with Crippen LogP contribution in [0.25, 0.3) is 0 Å². The number of Topliss-reactive ketones (excluding diaryl/α,β-unsaturated/α-hetero) is 1. The highest BCUT2D eigenvalue weighted by Crippen LogP contribution is 2.30. The van der Waals surface area contributed by atoms with E-state index in [-0.39, 0.29) is 11.7 Å². The highest BCUT2D eigenvalue weighted by atomic mass is 16.2. The van der Waals surface area contributed by atoms with Gasteiger partial charge in [-0.1, -0.05) is 13.8 Å². The summed E-state index contributed by atoms with van der Waals surface area (Å²) < 4.78 is 0. The van der Waals surface area contributed by atoms with Crippen LogP contribution < -0.4 is 10.6 Å². The lowest BCUT2D eigenvalue weighted by Crippen LogP contribution is -2.29. The maximum absolute atomic E-state index is 12.2. The summed E-state index contributed by atoms with van der Waals surface area (Å²) in [5.74, 6) is 0.454. The van der Waals surface area contributed by atoms with Gasteiger partial charge in [-0.05, 0) is 43.0 Å². The van der Waals surface area contributed by atoms with E-state index in [4.69, 9.17) is 5.73 Å². The Kier molecular flexibility index (Phi) is 4.23. The molecule has 1 unspecified atom stereocenters. The number of amides is 1. The van der Waals surface area contributed by atoms with Crippen LogP contribution in [0.1, 0.15) is 43.1 Å². The van der Waals surface area contributed by atoms with Gasteiger partial charge in [-0.3, -0.25) is 9.59 Å². The second-order valence-electron chi connectivity index (χ2n) is 5.89. The number of nitrogens with zero attached hydrogens (tertiary/aromatic N) is 1. The third-order valence-corrected chi connectivity index (χ3v) is 3.56. The Morgan fingerprint density at radius 2 is 2.00 bits per heavy atom. The van der Waals surface area contributed by atoms with E-state index < -0.39 is 6.04 Å². The molecule has 0 spiro atoms. The number of hydrogen-bond acceptors (Lipinski definition) is 3. The lowest BCUT2D eigenvalue weighted by molar-refractivity contribution is -0.119. The first-order valence-corrected chi connectivity index (χ1v) is 7.13. The molecule has 2 N–H and O–H groups in total. The molecule has 108 valence electrons. The Labute approximate surface area is 119 Å². The van der Waals surface area contributed by atoms with Gasteiger partial charge in [0.05, 0.1) is 6.04 Å². The van der Waals surface area contributed by atoms with E-state index in [0.29, 0.717) is 24.4 Å². The molecule has 0 bridgehead atoms. The van der Waals surface area contributed by atoms with Crippen LogP contribution in [0.15, 0.2) is 18.2 Å². The molecule has 1 heterocycles. The fourth-order valence-electron chi connectivity index (χ4n) is 2.54. The van der Waals surface area contributed by atoms with Crippen LogP contribution in [0.3, 0.4) is 0 Å². The van der Waals surface area contributed by atoms with Gasteiger partial charge in [0.25, 0.3) is 0 Å². The molecule has 1 aromatic carbocycles. The lowest BCUT2D eigenvalue weighted by atomic mass is 10.0. The predicted molar refractivity (Wildman–Crippen MR) is 79.9 cm³/mol. The number of benzene rings is 1. The van der Waals surface area contributed by atoms with Crippen LogP contribution in [0.5, 0.6) is 0 Å². The quantitative estimate of drug-likeness (QED) is 0.856. The van der Waals surface area contributed by atoms with Gasteiger partial charge in [0.2, 0.25) is 5.91 Å². The largest absolute Gasteiger partial charge is 0.321 e. The van der Waals surface area contributed by atoms with Crippen molar-refractivity contribution in [3.63, 3.8) is 0 Å². The normalized spacial score (nSPS) is 15.3. The minimum atomic E-state index is -0.492. The van der Waals surface area contributed by atoms with Crippen molar-refractivity contribution in [1.29, 1.82) is 0 Å². The zero-order chi connectivity index (χ0) is 14.9. The first-order chi connectivity index (χ1) is 9.40. The number of carbonyl (C=O) groups excluding carboxylic acids is 2. The molecule has 0 saturated carbocycles. The molecule has 1 aromatic rings. The Morgan fingerprint density at radius 3 is 2.60 bits per heavy atom. The van der Waals surface area contributed by atoms with Crippen LogP contribution in [0.2, 0.25) is 0 Å². The fourth-order valence-corrected chi connectivity index (χ4v) is 2.54. The molecule has 0 saturated heterocycles. The topological polar surface area (TPSA) is 63.4 Å². The Morgan fingerprint density at radius 1 is 1.30 bits per heavy atom. The molecule has 0 aromatic heterocycles. The van der Waals surface area contributed by atoms with Crippen molar-refractivity contribution in [3.05, 3.63) is 29.3 Å². The number of nitrogens with two attached hydrogens (primary N) is 1. The molecule has 2 rings (SSSR count). The van der Waals surface area contributed by atoms with Crippen molar-refractivity contribution in [1.82, 2.24) is 0 Å². The van der Waals surface area contributed by atoms with Crippen molar-refractivity contribution in [2.24, 2.45) is 11.7 Å². The van der Waals surface area contributed by atoms with Crippen LogP contribution in [0, 0.1) is 5.92 Å². The fraction of sp³-hybridized carbons (Fsp3) is 0.500. The predicted octanol–water partition coefficient (Wildman–Crippen LogP) is 2.15. The van der Waals surface area contributed by atoms with Crippen LogP contribution in [-0.2, 0) is 11.2 Å². The molecule has 20 heavy (non-hydrogen) atoms. The molecule has 1 aliphatic heterocycles. The zero-order valence-electron chi connectivity index (χ0n) is 12.3. The van der Waals surface area contributed by atoms with Crippen molar-refractivity contribution < 1.29 is 9.59 Å². The van der Waals surface area contributed by atoms with Gasteiger partial charge in [-0.15, -0.1) is 0 Å². The highest BCUT2D eigenvalue weighted by molar-refractivity contribution is 6.01. The van der Waals surface area contributed by atoms with Gasteiger partial charge in [0.15, 0.2) is 5.78 Å². The summed E-state index contributed by atoms with van der Waals surface area (Å²) in [5.41, 5.74) is 8.27. The zero-order valence-corrected chi connectivity index (χ0v) is 12.3. The molecule has 0 radical (unpaired) electrons. The number of rotatable bonds is 4. The molecule has 1 aliphatic rings. The maximum Gasteiger partial charge on any atom is 0.227 e. The number of hydrogen-bond donors (Lipinski definition) is 1. The summed E-state index contributed by atoms with van der Waals surface area (Å²) >= 11 is 0. The number of anilines is 1. The second-order valence-corrected chi connectivity index (χ2v) is 5.89. The maximum atomic E-state index is 12.2. The average Bonchev–Trinajstić information content (AvgIpc) is 2.79. The summed E-state index contributed by atoms with van der Waals surface area (Å²) in [7, 11) is 0. The van der Waals surface area contributed by atoms with Gasteiger partial charge in [0.1, 0.15) is 0 Å². The number of ketones is 1. The lowest BCUT2D eigenvalue weighted by Gasteiger charge is -2.18. The highest BCUT2D eigenvalue weighted by Gasteiger charge is 2.26. The average molecular weight is 274 g/mol. The van der Waals surface area contributed by atoms with Gasteiger partial charge in [0, 0.05) is 24.2 Å². The molecular weight excluding hydrogens is 252 g/mol. The third-order valence-electron chi connectivity index (χ3n) is 3.56. The summed E-state index contributed by atoms with van der Waals surface area (Å²) in [6.07, 6.45) is 1.36. The monoisotopic (exact) mass is 274 g/mol. The van der Waals surface area contributed by atoms with Crippen LogP contribution in [0.4, 0.5) is 5.69 Å². The van der Waals surface area contributed by atoms with Crippen LogP contribution in [-0.4, -0.2) is 24.3 Å².